The van der Waals surface area contributed by atoms with E-state index in [4.69, 9.17) is 9.72 Å². The topological polar surface area (TPSA) is 57.0 Å². The first-order valence-electron chi connectivity index (χ1n) is 9.75. The Balaban J connectivity index is 1.81. The number of hydrogen-bond acceptors (Lipinski definition) is 6. The third kappa shape index (κ3) is 5.43. The number of hydrogen-bond donors (Lipinski definition) is 0. The highest BCUT2D eigenvalue weighted by Gasteiger charge is 2.12. The second-order valence-electron chi connectivity index (χ2n) is 6.91. The molecule has 0 radical (unpaired) electrons. The largest absolute Gasteiger partial charge is 0.379 e. The Hall–Kier alpha value is -1.70. The number of fused-ring (bicyclic) bond motifs is 1. The van der Waals surface area contributed by atoms with E-state index >= 15 is 0 Å². The quantitative estimate of drug-likeness (QED) is 0.266. The van der Waals surface area contributed by atoms with Crippen molar-refractivity contribution in [3.8, 4) is 0 Å². The molecule has 0 aliphatic carbocycles. The molecular weight excluding hydrogens is 390 g/mol. The van der Waals surface area contributed by atoms with E-state index in [1.807, 2.05) is 38.1 Å². The second-order valence-corrected chi connectivity index (χ2v) is 8.80. The van der Waals surface area contributed by atoms with Gasteiger partial charge in [0.2, 0.25) is 0 Å². The lowest BCUT2D eigenvalue weighted by Gasteiger charge is -2.13. The molecule has 0 spiro atoms. The van der Waals surface area contributed by atoms with Crippen molar-refractivity contribution in [1.29, 1.82) is 0 Å². The van der Waals surface area contributed by atoms with E-state index in [0.29, 0.717) is 24.3 Å². The van der Waals surface area contributed by atoms with Gasteiger partial charge in [-0.05, 0) is 45.2 Å². The molecule has 1 aromatic carbocycles. The molecule has 3 rings (SSSR count). The maximum atomic E-state index is 13.0. The van der Waals surface area contributed by atoms with Crippen molar-refractivity contribution >= 4 is 34.0 Å². The van der Waals surface area contributed by atoms with E-state index < -0.39 is 0 Å². The molecule has 7 heteroatoms. The van der Waals surface area contributed by atoms with Crippen LogP contribution in [0.1, 0.15) is 44.3 Å². The fourth-order valence-corrected chi connectivity index (χ4v) is 4.80. The van der Waals surface area contributed by atoms with Gasteiger partial charge in [0.15, 0.2) is 5.16 Å². The maximum Gasteiger partial charge on any atom is 0.262 e. The third-order valence-corrected chi connectivity index (χ3v) is 6.18. The van der Waals surface area contributed by atoms with Gasteiger partial charge in [-0.3, -0.25) is 9.36 Å². The lowest BCUT2D eigenvalue weighted by atomic mass is 10.2. The Bertz CT molecular complexity index is 966. The zero-order valence-corrected chi connectivity index (χ0v) is 18.3. The number of thioether (sulfide) groups is 1. The summed E-state index contributed by atoms with van der Waals surface area (Å²) in [6, 6.07) is 7.55. The zero-order chi connectivity index (χ0) is 19.9. The minimum atomic E-state index is 0.0163. The van der Waals surface area contributed by atoms with Crippen LogP contribution < -0.4 is 5.56 Å². The maximum absolute atomic E-state index is 13.0. The summed E-state index contributed by atoms with van der Waals surface area (Å²) in [5.74, 6) is 0.716. The van der Waals surface area contributed by atoms with Crippen molar-refractivity contribution < 1.29 is 4.74 Å². The number of para-hydroxylation sites is 1. The lowest BCUT2D eigenvalue weighted by Crippen LogP contribution is -2.24. The standard InChI is InChI=1S/C21H27N3O2S2/c1-4-8-19-22-16(13-27-19)14-28-21-23-18-10-6-5-9-17(18)20(25)24(21)11-7-12-26-15(2)3/h5-6,9-10,13,15H,4,7-8,11-12,14H2,1-3H3. The van der Waals surface area contributed by atoms with Gasteiger partial charge in [0, 0.05) is 24.3 Å². The van der Waals surface area contributed by atoms with Crippen LogP contribution in [0, 0.1) is 0 Å². The summed E-state index contributed by atoms with van der Waals surface area (Å²) in [6.45, 7) is 7.44. The minimum absolute atomic E-state index is 0.0163. The summed E-state index contributed by atoms with van der Waals surface area (Å²) in [4.78, 5) is 22.5. The third-order valence-electron chi connectivity index (χ3n) is 4.22. The molecule has 0 aliphatic rings. The van der Waals surface area contributed by atoms with Crippen LogP contribution in [-0.4, -0.2) is 27.2 Å². The van der Waals surface area contributed by atoms with Crippen LogP contribution in [-0.2, 0) is 23.5 Å². The summed E-state index contributed by atoms with van der Waals surface area (Å²) in [5, 5.41) is 4.69. The molecule has 28 heavy (non-hydrogen) atoms. The number of nitrogens with zero attached hydrogens (tertiary/aromatic N) is 3. The molecule has 0 atom stereocenters. The van der Waals surface area contributed by atoms with Gasteiger partial charge in [-0.1, -0.05) is 30.8 Å². The first-order chi connectivity index (χ1) is 13.6. The fourth-order valence-electron chi connectivity index (χ4n) is 2.88. The Morgan fingerprint density at radius 1 is 1.25 bits per heavy atom. The van der Waals surface area contributed by atoms with Gasteiger partial charge in [-0.2, -0.15) is 0 Å². The number of rotatable bonds is 10. The summed E-state index contributed by atoms with van der Waals surface area (Å²) >= 11 is 3.29. The normalized spacial score (nSPS) is 11.6. The van der Waals surface area contributed by atoms with Gasteiger partial charge in [0.1, 0.15) is 0 Å². The Labute approximate surface area is 174 Å². The van der Waals surface area contributed by atoms with Crippen molar-refractivity contribution in [1.82, 2.24) is 14.5 Å². The summed E-state index contributed by atoms with van der Waals surface area (Å²) in [6.07, 6.45) is 3.10. The molecule has 0 saturated carbocycles. The highest BCUT2D eigenvalue weighted by Crippen LogP contribution is 2.24. The number of aryl methyl sites for hydroxylation is 1. The molecule has 0 N–H and O–H groups in total. The predicted octanol–water partition coefficient (Wildman–Crippen LogP) is 4.91. The Kier molecular flexibility index (Phi) is 7.65. The van der Waals surface area contributed by atoms with Crippen molar-refractivity contribution in [2.75, 3.05) is 6.61 Å². The molecule has 3 aromatic rings. The van der Waals surface area contributed by atoms with Gasteiger partial charge in [-0.15, -0.1) is 11.3 Å². The molecule has 0 bridgehead atoms. The van der Waals surface area contributed by atoms with Crippen LogP contribution in [0.4, 0.5) is 0 Å². The van der Waals surface area contributed by atoms with Crippen LogP contribution in [0.3, 0.4) is 0 Å². The fraction of sp³-hybridized carbons (Fsp3) is 0.476. The second kappa shape index (κ2) is 10.2. The number of ether oxygens (including phenoxy) is 1. The van der Waals surface area contributed by atoms with Crippen molar-refractivity contribution in [2.45, 2.75) is 63.6 Å². The van der Waals surface area contributed by atoms with Gasteiger partial charge in [-0.25, -0.2) is 9.97 Å². The predicted molar refractivity (Wildman–Crippen MR) is 117 cm³/mol. The highest BCUT2D eigenvalue weighted by atomic mass is 32.2. The molecule has 0 unspecified atom stereocenters. The average Bonchev–Trinajstić information content (AvgIpc) is 3.13. The number of thiazole rings is 1. The van der Waals surface area contributed by atoms with E-state index in [1.165, 1.54) is 5.01 Å². The monoisotopic (exact) mass is 417 g/mol. The molecule has 2 heterocycles. The van der Waals surface area contributed by atoms with Crippen LogP contribution in [0.5, 0.6) is 0 Å². The highest BCUT2D eigenvalue weighted by molar-refractivity contribution is 7.98. The molecule has 0 amide bonds. The molecule has 5 nitrogen and oxygen atoms in total. The zero-order valence-electron chi connectivity index (χ0n) is 16.7. The van der Waals surface area contributed by atoms with E-state index in [0.717, 1.165) is 35.6 Å². The SMILES string of the molecule is CCCc1nc(CSc2nc3ccccc3c(=O)n2CCCOC(C)C)cs1. The first-order valence-corrected chi connectivity index (χ1v) is 11.6. The van der Waals surface area contributed by atoms with Gasteiger partial charge >= 0.3 is 0 Å². The minimum Gasteiger partial charge on any atom is -0.379 e. The molecule has 0 aliphatic heterocycles. The van der Waals surface area contributed by atoms with Gasteiger partial charge < -0.3 is 4.74 Å². The van der Waals surface area contributed by atoms with E-state index in [9.17, 15) is 4.79 Å². The van der Waals surface area contributed by atoms with Crippen LogP contribution >= 0.6 is 23.1 Å². The van der Waals surface area contributed by atoms with Crippen molar-refractivity contribution in [2.24, 2.45) is 0 Å². The smallest absolute Gasteiger partial charge is 0.262 e. The van der Waals surface area contributed by atoms with Crippen LogP contribution in [0.25, 0.3) is 10.9 Å². The average molecular weight is 418 g/mol. The number of aromatic nitrogens is 3. The Morgan fingerprint density at radius 3 is 2.86 bits per heavy atom. The summed E-state index contributed by atoms with van der Waals surface area (Å²) < 4.78 is 7.42. The van der Waals surface area contributed by atoms with E-state index in [-0.39, 0.29) is 11.7 Å². The molecule has 150 valence electrons. The molecule has 0 saturated heterocycles. The number of benzene rings is 1. The molecular formula is C21H27N3O2S2. The summed E-state index contributed by atoms with van der Waals surface area (Å²) in [5.41, 5.74) is 1.81. The molecule has 0 fully saturated rings. The van der Waals surface area contributed by atoms with Crippen LogP contribution in [0.15, 0.2) is 39.6 Å². The van der Waals surface area contributed by atoms with E-state index in [1.54, 1.807) is 27.7 Å². The lowest BCUT2D eigenvalue weighted by molar-refractivity contribution is 0.0743. The molecule has 2 aromatic heterocycles. The summed E-state index contributed by atoms with van der Waals surface area (Å²) in [7, 11) is 0. The van der Waals surface area contributed by atoms with Gasteiger partial charge in [0.05, 0.1) is 27.7 Å². The van der Waals surface area contributed by atoms with E-state index in [2.05, 4.69) is 17.3 Å². The van der Waals surface area contributed by atoms with Crippen molar-refractivity contribution in [3.63, 3.8) is 0 Å². The van der Waals surface area contributed by atoms with Crippen LogP contribution in [0.2, 0.25) is 0 Å². The first kappa shape index (κ1) is 21.0. The van der Waals surface area contributed by atoms with Crippen molar-refractivity contribution in [3.05, 3.63) is 50.7 Å². The van der Waals surface area contributed by atoms with Gasteiger partial charge in [0.25, 0.3) is 5.56 Å². The Morgan fingerprint density at radius 2 is 2.07 bits per heavy atom.